The van der Waals surface area contributed by atoms with Crippen LogP contribution in [-0.4, -0.2) is 79.7 Å². The van der Waals surface area contributed by atoms with E-state index in [1.807, 2.05) is 72.8 Å². The number of nitrogens with zero attached hydrogens (tertiary/aromatic N) is 6. The third kappa shape index (κ3) is 7.70. The van der Waals surface area contributed by atoms with Crippen LogP contribution < -0.4 is 5.32 Å². The highest BCUT2D eigenvalue weighted by Crippen LogP contribution is 2.34. The topological polar surface area (TPSA) is 137 Å². The van der Waals surface area contributed by atoms with Gasteiger partial charge in [0.05, 0.1) is 17.0 Å². The monoisotopic (exact) mass is 747 g/mol. The van der Waals surface area contributed by atoms with Crippen LogP contribution in [0, 0.1) is 25.2 Å². The molecule has 3 aliphatic rings. The van der Waals surface area contributed by atoms with Crippen LogP contribution in [0.5, 0.6) is 0 Å². The molecule has 5 heterocycles. The molecule has 0 aliphatic carbocycles. The maximum Gasteiger partial charge on any atom is 0.320 e. The molecule has 2 fully saturated rings. The third-order valence-electron chi connectivity index (χ3n) is 11.3. The van der Waals surface area contributed by atoms with E-state index >= 15 is 0 Å². The number of pyridine rings is 1. The summed E-state index contributed by atoms with van der Waals surface area (Å²) < 4.78 is 7.48. The van der Waals surface area contributed by atoms with Crippen LogP contribution in [0.1, 0.15) is 87.6 Å². The maximum atomic E-state index is 13.7. The number of carboxylic acid groups (broad SMARTS) is 1. The summed E-state index contributed by atoms with van der Waals surface area (Å²) in [5, 5.41) is 23.7. The molecule has 12 heteroatoms. The van der Waals surface area contributed by atoms with Gasteiger partial charge < -0.3 is 19.7 Å². The lowest BCUT2D eigenvalue weighted by Crippen LogP contribution is -2.44. The number of fused-ring (bicyclic) bond motifs is 1. The summed E-state index contributed by atoms with van der Waals surface area (Å²) in [5.74, 6) is -0.682. The fourth-order valence-corrected chi connectivity index (χ4v) is 8.44. The van der Waals surface area contributed by atoms with Crippen LogP contribution >= 0.6 is 11.6 Å². The SMILES string of the molecule is Cc1cc(C=Cc2nccc(-c3cccc(NC(=O)c4nc5c(n4C)CCN(C4CCOCC4)C5)c3C)c2C#N)c(Cl)cc1CN1CCCCC1C(=O)O. The second-order valence-corrected chi connectivity index (χ2v) is 15.0. The first kappa shape index (κ1) is 37.5. The molecule has 4 aromatic rings. The number of benzene rings is 2. The summed E-state index contributed by atoms with van der Waals surface area (Å²) >= 11 is 6.77. The van der Waals surface area contributed by atoms with Gasteiger partial charge in [-0.1, -0.05) is 42.3 Å². The average Bonchev–Trinajstić information content (AvgIpc) is 3.52. The third-order valence-corrected chi connectivity index (χ3v) is 11.6. The number of imidazole rings is 1. The lowest BCUT2D eigenvalue weighted by Gasteiger charge is -2.36. The summed E-state index contributed by atoms with van der Waals surface area (Å²) in [6, 6.07) is 13.7. The Hall–Kier alpha value is -4.86. The molecule has 2 aromatic heterocycles. The number of aliphatic carboxylic acids is 1. The predicted molar refractivity (Wildman–Crippen MR) is 209 cm³/mol. The molecule has 54 heavy (non-hydrogen) atoms. The number of aryl methyl sites for hydroxylation is 1. The van der Waals surface area contributed by atoms with Gasteiger partial charge in [-0.2, -0.15) is 5.26 Å². The molecule has 280 valence electrons. The Bertz CT molecular complexity index is 2150. The zero-order valence-corrected chi connectivity index (χ0v) is 31.8. The number of piperidine rings is 1. The van der Waals surface area contributed by atoms with E-state index in [1.54, 1.807) is 12.3 Å². The van der Waals surface area contributed by atoms with E-state index in [4.69, 9.17) is 21.3 Å². The van der Waals surface area contributed by atoms with Gasteiger partial charge in [-0.05, 0) is 98.2 Å². The number of carbonyl (C=O) groups is 2. The first-order valence-corrected chi connectivity index (χ1v) is 19.1. The Balaban J connectivity index is 1.09. The van der Waals surface area contributed by atoms with Crippen LogP contribution in [0.3, 0.4) is 0 Å². The number of ether oxygens (including phenoxy) is 1. The van der Waals surface area contributed by atoms with E-state index in [0.717, 1.165) is 104 Å². The fraction of sp³-hybridized carbons (Fsp3) is 0.405. The van der Waals surface area contributed by atoms with Gasteiger partial charge in [-0.25, -0.2) is 4.98 Å². The first-order valence-electron chi connectivity index (χ1n) is 18.7. The van der Waals surface area contributed by atoms with Gasteiger partial charge in [-0.15, -0.1) is 0 Å². The molecular weight excluding hydrogens is 702 g/mol. The van der Waals surface area contributed by atoms with Gasteiger partial charge >= 0.3 is 5.97 Å². The summed E-state index contributed by atoms with van der Waals surface area (Å²) in [7, 11) is 1.91. The number of nitrogens with one attached hydrogen (secondary N) is 1. The number of carboxylic acids is 1. The van der Waals surface area contributed by atoms with E-state index in [0.29, 0.717) is 52.4 Å². The molecule has 1 atom stereocenters. The molecule has 1 unspecified atom stereocenters. The normalized spacial score (nSPS) is 18.4. The number of aromatic nitrogens is 3. The fourth-order valence-electron chi connectivity index (χ4n) is 8.19. The van der Waals surface area contributed by atoms with Crippen LogP contribution in [0.4, 0.5) is 5.69 Å². The van der Waals surface area contributed by atoms with E-state index in [-0.39, 0.29) is 5.91 Å². The zero-order chi connectivity index (χ0) is 37.9. The summed E-state index contributed by atoms with van der Waals surface area (Å²) in [6.45, 7) is 8.45. The van der Waals surface area contributed by atoms with E-state index in [9.17, 15) is 20.0 Å². The minimum Gasteiger partial charge on any atom is -0.480 e. The highest BCUT2D eigenvalue weighted by atomic mass is 35.5. The van der Waals surface area contributed by atoms with E-state index in [2.05, 4.69) is 21.3 Å². The number of anilines is 1. The largest absolute Gasteiger partial charge is 0.480 e. The van der Waals surface area contributed by atoms with Crippen LogP contribution in [0.25, 0.3) is 23.3 Å². The van der Waals surface area contributed by atoms with Crippen molar-refractivity contribution in [2.45, 2.75) is 77.5 Å². The van der Waals surface area contributed by atoms with Crippen LogP contribution in [0.2, 0.25) is 5.02 Å². The molecule has 7 rings (SSSR count). The van der Waals surface area contributed by atoms with Crippen molar-refractivity contribution in [3.8, 4) is 17.2 Å². The predicted octanol–water partition coefficient (Wildman–Crippen LogP) is 7.02. The Morgan fingerprint density at radius 2 is 1.91 bits per heavy atom. The zero-order valence-electron chi connectivity index (χ0n) is 31.1. The summed E-state index contributed by atoms with van der Waals surface area (Å²) in [5.41, 5.74) is 8.70. The molecule has 0 radical (unpaired) electrons. The van der Waals surface area contributed by atoms with Crippen molar-refractivity contribution in [1.82, 2.24) is 24.3 Å². The molecule has 0 bridgehead atoms. The second kappa shape index (κ2) is 16.2. The summed E-state index contributed by atoms with van der Waals surface area (Å²) in [6.07, 6.45) is 10.8. The molecule has 1 amide bonds. The number of halogens is 1. The number of likely N-dealkylation sites (tertiary alicyclic amines) is 1. The van der Waals surface area contributed by atoms with Gasteiger partial charge in [0.25, 0.3) is 5.91 Å². The van der Waals surface area contributed by atoms with E-state index < -0.39 is 12.0 Å². The molecule has 2 N–H and O–H groups in total. The standard InChI is InChI=1S/C42H46ClN7O4/c1-26-21-28(34(43)22-29(26)24-50-17-5-4-9-39(50)42(52)53)10-11-36-33(23-44)32(12-16-45-36)31-7-6-8-35(27(31)2)47-41(51)40-46-37-25-49(18-13-38(37)48(40)3)30-14-19-54-20-15-30/h6-8,10-12,16,21-22,30,39H,4-5,9,13-15,17-20,24-25H2,1-3H3,(H,47,51)(H,52,53). The molecule has 3 aliphatic heterocycles. The minimum absolute atomic E-state index is 0.278. The van der Waals surface area contributed by atoms with Crippen LogP contribution in [0.15, 0.2) is 42.6 Å². The molecule has 0 saturated carbocycles. The van der Waals surface area contributed by atoms with Gasteiger partial charge in [0.1, 0.15) is 12.1 Å². The smallest absolute Gasteiger partial charge is 0.320 e. The quantitative estimate of drug-likeness (QED) is 0.185. The van der Waals surface area contributed by atoms with Crippen molar-refractivity contribution < 1.29 is 19.4 Å². The van der Waals surface area contributed by atoms with Crippen molar-refractivity contribution in [2.24, 2.45) is 7.05 Å². The maximum absolute atomic E-state index is 13.7. The van der Waals surface area contributed by atoms with Crippen molar-refractivity contribution in [3.63, 3.8) is 0 Å². The number of nitriles is 1. The van der Waals surface area contributed by atoms with Crippen LogP contribution in [-0.2, 0) is 36.1 Å². The lowest BCUT2D eigenvalue weighted by molar-refractivity contribution is -0.144. The molecule has 2 saturated heterocycles. The number of amides is 1. The number of hydrogen-bond donors (Lipinski definition) is 2. The van der Waals surface area contributed by atoms with Gasteiger partial charge in [-0.3, -0.25) is 24.4 Å². The van der Waals surface area contributed by atoms with Gasteiger partial charge in [0.2, 0.25) is 0 Å². The highest BCUT2D eigenvalue weighted by Gasteiger charge is 2.31. The van der Waals surface area contributed by atoms with Gasteiger partial charge in [0.15, 0.2) is 5.82 Å². The van der Waals surface area contributed by atoms with E-state index in [1.165, 1.54) is 0 Å². The Morgan fingerprint density at radius 1 is 1.09 bits per heavy atom. The molecular formula is C42H46ClN7O4. The van der Waals surface area contributed by atoms with Crippen molar-refractivity contribution >= 4 is 41.3 Å². The Kier molecular flexibility index (Phi) is 11.3. The number of rotatable bonds is 9. The molecule has 11 nitrogen and oxygen atoms in total. The lowest BCUT2D eigenvalue weighted by atomic mass is 9.94. The molecule has 0 spiro atoms. The Labute approximate surface area is 321 Å². The molecule has 2 aromatic carbocycles. The number of carbonyl (C=O) groups excluding carboxylic acids is 1. The van der Waals surface area contributed by atoms with Crippen molar-refractivity contribution in [2.75, 3.05) is 31.6 Å². The second-order valence-electron chi connectivity index (χ2n) is 14.6. The average molecular weight is 748 g/mol. The first-order chi connectivity index (χ1) is 26.1. The minimum atomic E-state index is -0.784. The highest BCUT2D eigenvalue weighted by molar-refractivity contribution is 6.32. The summed E-state index contributed by atoms with van der Waals surface area (Å²) in [4.78, 5) is 39.4. The Morgan fingerprint density at radius 3 is 2.69 bits per heavy atom. The van der Waals surface area contributed by atoms with Crippen molar-refractivity contribution in [3.05, 3.63) is 98.3 Å². The van der Waals surface area contributed by atoms with Crippen molar-refractivity contribution in [1.29, 1.82) is 5.26 Å². The number of hydrogen-bond acceptors (Lipinski definition) is 8. The van der Waals surface area contributed by atoms with Gasteiger partial charge in [0, 0.05) is 80.5 Å².